The monoisotopic (exact) mass is 212 g/mol. The van der Waals surface area contributed by atoms with Crippen molar-refractivity contribution in [3.05, 3.63) is 48.2 Å². The largest absolute Gasteiger partial charge is 0.388 e. The Morgan fingerprint density at radius 2 is 2.25 bits per heavy atom. The fraction of sp³-hybridized carbons (Fsp3) is 0.154. The maximum atomic E-state index is 8.42. The van der Waals surface area contributed by atoms with Crippen LogP contribution in [0.2, 0.25) is 0 Å². The van der Waals surface area contributed by atoms with E-state index in [1.807, 2.05) is 18.2 Å². The highest BCUT2D eigenvalue weighted by Crippen LogP contribution is 2.28. The van der Waals surface area contributed by atoms with E-state index in [4.69, 9.17) is 10.00 Å². The third-order valence-electron chi connectivity index (χ3n) is 2.61. The number of fused-ring (bicyclic) bond motifs is 1. The lowest BCUT2D eigenvalue weighted by Crippen LogP contribution is -2.09. The van der Waals surface area contributed by atoms with E-state index in [0.717, 1.165) is 29.8 Å². The number of allylic oxidation sites excluding steroid dienone is 1. The summed E-state index contributed by atoms with van der Waals surface area (Å²) in [6.45, 7) is 7.59. The number of rotatable bonds is 2. The molecule has 1 aromatic rings. The maximum absolute atomic E-state index is 8.42. The Kier molecular flexibility index (Phi) is 2.65. The van der Waals surface area contributed by atoms with E-state index < -0.39 is 0 Å². The van der Waals surface area contributed by atoms with Crippen molar-refractivity contribution in [1.82, 2.24) is 0 Å². The van der Waals surface area contributed by atoms with Crippen molar-refractivity contribution in [2.24, 2.45) is 0 Å². The predicted octanol–water partition coefficient (Wildman–Crippen LogP) is 3.03. The van der Waals surface area contributed by atoms with E-state index in [1.54, 1.807) is 6.26 Å². The van der Waals surface area contributed by atoms with Gasteiger partial charge in [-0.2, -0.15) is 0 Å². The third kappa shape index (κ3) is 1.91. The molecule has 0 bridgehead atoms. The predicted molar refractivity (Wildman–Crippen MR) is 63.3 cm³/mol. The van der Waals surface area contributed by atoms with Crippen LogP contribution in [0.1, 0.15) is 17.5 Å². The summed E-state index contributed by atoms with van der Waals surface area (Å²) in [5, 5.41) is 11.6. The topological polar surface area (TPSA) is 45.0 Å². The summed E-state index contributed by atoms with van der Waals surface area (Å²) in [6.07, 6.45) is 3.57. The number of hydrogen-bond acceptors (Lipinski definition) is 3. The summed E-state index contributed by atoms with van der Waals surface area (Å²) in [5.74, 6) is 0.364. The average Bonchev–Trinajstić information content (AvgIpc) is 2.28. The maximum Gasteiger partial charge on any atom is 0.292 e. The number of nitriles is 1. The van der Waals surface area contributed by atoms with Crippen LogP contribution in [0.25, 0.3) is 5.76 Å². The second kappa shape index (κ2) is 4.11. The first kappa shape index (κ1) is 10.3. The van der Waals surface area contributed by atoms with Crippen LogP contribution in [-0.2, 0) is 11.2 Å². The van der Waals surface area contributed by atoms with Gasteiger partial charge in [0.1, 0.15) is 5.76 Å². The van der Waals surface area contributed by atoms with Crippen LogP contribution in [0.4, 0.5) is 5.69 Å². The van der Waals surface area contributed by atoms with Gasteiger partial charge in [0.25, 0.3) is 6.26 Å². The highest BCUT2D eigenvalue weighted by molar-refractivity contribution is 5.67. The van der Waals surface area contributed by atoms with Gasteiger partial charge in [-0.3, -0.25) is 0 Å². The molecular weight excluding hydrogens is 200 g/mol. The molecule has 1 heterocycles. The van der Waals surface area contributed by atoms with E-state index in [1.165, 1.54) is 5.56 Å². The molecule has 0 amide bonds. The quantitative estimate of drug-likeness (QED) is 0.605. The number of aryl methyl sites for hydroxylation is 1. The summed E-state index contributed by atoms with van der Waals surface area (Å²) in [4.78, 5) is 0. The molecule has 1 aliphatic rings. The normalized spacial score (nSPS) is 13.3. The number of nitrogens with zero attached hydrogens (tertiary/aromatic N) is 1. The molecule has 3 heteroatoms. The highest BCUT2D eigenvalue weighted by Gasteiger charge is 2.12. The number of ether oxygens (including phenoxy) is 1. The van der Waals surface area contributed by atoms with Gasteiger partial charge in [0.15, 0.2) is 0 Å². The second-order valence-corrected chi connectivity index (χ2v) is 3.72. The van der Waals surface area contributed by atoms with Crippen LogP contribution in [-0.4, -0.2) is 0 Å². The van der Waals surface area contributed by atoms with Crippen LogP contribution in [0, 0.1) is 11.5 Å². The number of benzene rings is 1. The zero-order chi connectivity index (χ0) is 11.5. The SMILES string of the molecule is C=C1CCc2ccc(C(=C)OC#N)cc2N1. The Morgan fingerprint density at radius 1 is 1.44 bits per heavy atom. The summed E-state index contributed by atoms with van der Waals surface area (Å²) in [6, 6.07) is 5.86. The van der Waals surface area contributed by atoms with Gasteiger partial charge in [0.05, 0.1) is 0 Å². The molecule has 0 aliphatic carbocycles. The Bertz CT molecular complexity index is 497. The molecule has 1 aromatic carbocycles. The molecule has 1 aliphatic heterocycles. The third-order valence-corrected chi connectivity index (χ3v) is 2.61. The first-order valence-corrected chi connectivity index (χ1v) is 5.03. The van der Waals surface area contributed by atoms with E-state index >= 15 is 0 Å². The lowest BCUT2D eigenvalue weighted by Gasteiger charge is -2.20. The summed E-state index contributed by atoms with van der Waals surface area (Å²) < 4.78 is 4.71. The standard InChI is InChI=1S/C13H12N2O/c1-9-3-4-11-5-6-12(7-13(11)15-9)10(2)16-8-14/h5-7,15H,1-4H2. The van der Waals surface area contributed by atoms with Crippen molar-refractivity contribution >= 4 is 11.4 Å². The fourth-order valence-corrected chi connectivity index (χ4v) is 1.74. The summed E-state index contributed by atoms with van der Waals surface area (Å²) >= 11 is 0. The van der Waals surface area contributed by atoms with Gasteiger partial charge in [-0.05, 0) is 24.5 Å². The van der Waals surface area contributed by atoms with Crippen molar-refractivity contribution in [1.29, 1.82) is 5.26 Å². The first-order valence-electron chi connectivity index (χ1n) is 5.03. The molecule has 2 rings (SSSR count). The van der Waals surface area contributed by atoms with Crippen molar-refractivity contribution in [3.8, 4) is 6.26 Å². The number of nitrogens with one attached hydrogen (secondary N) is 1. The van der Waals surface area contributed by atoms with Crippen molar-refractivity contribution in [2.45, 2.75) is 12.8 Å². The Morgan fingerprint density at radius 3 is 3.00 bits per heavy atom. The lowest BCUT2D eigenvalue weighted by molar-refractivity contribution is 0.464. The molecule has 0 aromatic heterocycles. The molecule has 0 saturated carbocycles. The van der Waals surface area contributed by atoms with Gasteiger partial charge in [0, 0.05) is 16.9 Å². The second-order valence-electron chi connectivity index (χ2n) is 3.72. The fourth-order valence-electron chi connectivity index (χ4n) is 1.74. The summed E-state index contributed by atoms with van der Waals surface area (Å²) in [5.41, 5.74) is 4.09. The van der Waals surface area contributed by atoms with E-state index in [0.29, 0.717) is 5.76 Å². The van der Waals surface area contributed by atoms with Gasteiger partial charge in [-0.15, -0.1) is 5.26 Å². The number of anilines is 1. The number of hydrogen-bond donors (Lipinski definition) is 1. The van der Waals surface area contributed by atoms with Crippen molar-refractivity contribution < 1.29 is 4.74 Å². The molecular formula is C13H12N2O. The van der Waals surface area contributed by atoms with Crippen LogP contribution in [0.3, 0.4) is 0 Å². The minimum atomic E-state index is 0.364. The molecule has 0 radical (unpaired) electrons. The van der Waals surface area contributed by atoms with Crippen molar-refractivity contribution in [2.75, 3.05) is 5.32 Å². The molecule has 80 valence electrons. The Labute approximate surface area is 94.7 Å². The average molecular weight is 212 g/mol. The van der Waals surface area contributed by atoms with E-state index in [2.05, 4.69) is 18.5 Å². The van der Waals surface area contributed by atoms with Crippen LogP contribution in [0.5, 0.6) is 0 Å². The highest BCUT2D eigenvalue weighted by atomic mass is 16.5. The molecule has 0 atom stereocenters. The van der Waals surface area contributed by atoms with Crippen molar-refractivity contribution in [3.63, 3.8) is 0 Å². The smallest absolute Gasteiger partial charge is 0.292 e. The zero-order valence-corrected chi connectivity index (χ0v) is 8.92. The van der Waals surface area contributed by atoms with Gasteiger partial charge >= 0.3 is 0 Å². The molecule has 0 unspecified atom stereocenters. The first-order chi connectivity index (χ1) is 7.70. The van der Waals surface area contributed by atoms with E-state index in [-0.39, 0.29) is 0 Å². The van der Waals surface area contributed by atoms with Gasteiger partial charge in [-0.1, -0.05) is 25.3 Å². The minimum Gasteiger partial charge on any atom is -0.388 e. The van der Waals surface area contributed by atoms with Crippen LogP contribution >= 0.6 is 0 Å². The van der Waals surface area contributed by atoms with Crippen LogP contribution in [0.15, 0.2) is 37.1 Å². The molecule has 16 heavy (non-hydrogen) atoms. The van der Waals surface area contributed by atoms with Gasteiger partial charge in [0.2, 0.25) is 0 Å². The Balaban J connectivity index is 2.32. The Hall–Kier alpha value is -2.21. The van der Waals surface area contributed by atoms with E-state index in [9.17, 15) is 0 Å². The zero-order valence-electron chi connectivity index (χ0n) is 8.92. The van der Waals surface area contributed by atoms with Gasteiger partial charge < -0.3 is 10.1 Å². The molecule has 0 saturated heterocycles. The summed E-state index contributed by atoms with van der Waals surface area (Å²) in [7, 11) is 0. The molecule has 0 spiro atoms. The minimum absolute atomic E-state index is 0.364. The van der Waals surface area contributed by atoms with Crippen LogP contribution < -0.4 is 5.32 Å². The van der Waals surface area contributed by atoms with Gasteiger partial charge in [-0.25, -0.2) is 0 Å². The molecule has 3 nitrogen and oxygen atoms in total. The molecule has 1 N–H and O–H groups in total. The molecule has 0 fully saturated rings. The lowest BCUT2D eigenvalue weighted by atomic mass is 9.99.